The van der Waals surface area contributed by atoms with Gasteiger partial charge in [-0.05, 0) is 30.7 Å². The Morgan fingerprint density at radius 3 is 2.25 bits per heavy atom. The second-order valence-corrected chi connectivity index (χ2v) is 5.43. The topological polar surface area (TPSA) is 80.7 Å². The maximum Gasteiger partial charge on any atom is 0.344 e. The second-order valence-electron chi connectivity index (χ2n) is 5.43. The summed E-state index contributed by atoms with van der Waals surface area (Å²) in [5.74, 6) is -1.33. The van der Waals surface area contributed by atoms with Gasteiger partial charge in [-0.25, -0.2) is 4.79 Å². The average Bonchev–Trinajstić information content (AvgIpc) is 2.81. The fourth-order valence-corrected chi connectivity index (χ4v) is 2.50. The average molecular weight is 322 g/mol. The second kappa shape index (κ2) is 6.12. The number of carbonyl (C=O) groups is 3. The molecule has 0 saturated carbocycles. The summed E-state index contributed by atoms with van der Waals surface area (Å²) in [5, 5.41) is 8.89. The van der Waals surface area contributed by atoms with E-state index in [9.17, 15) is 14.4 Å². The Morgan fingerprint density at radius 1 is 1.04 bits per heavy atom. The van der Waals surface area contributed by atoms with Gasteiger partial charge in [-0.3, -0.25) is 9.59 Å². The summed E-state index contributed by atoms with van der Waals surface area (Å²) < 4.78 is 5.30. The fourth-order valence-electron chi connectivity index (χ4n) is 2.50. The first kappa shape index (κ1) is 15.7. The lowest BCUT2D eigenvalue weighted by Gasteiger charge is -2.10. The van der Waals surface area contributed by atoms with Crippen LogP contribution in [0.25, 0.3) is 6.08 Å². The summed E-state index contributed by atoms with van der Waals surface area (Å²) >= 11 is 0. The van der Waals surface area contributed by atoms with Crippen molar-refractivity contribution in [2.45, 2.75) is 13.0 Å². The Kier molecular flexibility index (Phi) is 4.00. The van der Waals surface area contributed by atoms with E-state index in [4.69, 9.17) is 9.84 Å². The molecule has 0 fully saturated rings. The first-order valence-electron chi connectivity index (χ1n) is 7.37. The highest BCUT2D eigenvalue weighted by molar-refractivity contribution is 6.41. The third-order valence-corrected chi connectivity index (χ3v) is 3.74. The lowest BCUT2D eigenvalue weighted by molar-refractivity contribution is -0.144. The van der Waals surface area contributed by atoms with Gasteiger partial charge in [0.2, 0.25) is 0 Å². The SMILES string of the molecule is C[C@@H](Oc1cccc(C=C2C(=O)c3ccccc3C2=O)c1)C(=O)O. The van der Waals surface area contributed by atoms with Crippen LogP contribution in [0.15, 0.2) is 54.1 Å². The van der Waals surface area contributed by atoms with Gasteiger partial charge in [0.1, 0.15) is 5.75 Å². The van der Waals surface area contributed by atoms with E-state index in [1.54, 1.807) is 48.5 Å². The summed E-state index contributed by atoms with van der Waals surface area (Å²) in [6, 6.07) is 13.3. The van der Waals surface area contributed by atoms with E-state index in [2.05, 4.69) is 0 Å². The standard InChI is InChI=1S/C19H14O5/c1-11(19(22)23)24-13-6-4-5-12(9-13)10-16-17(20)14-7-2-3-8-15(14)18(16)21/h2-11H,1H3,(H,22,23)/t11-/m1/s1. The van der Waals surface area contributed by atoms with Crippen LogP contribution < -0.4 is 4.74 Å². The molecular formula is C19H14O5. The number of carboxylic acid groups (broad SMARTS) is 1. The van der Waals surface area contributed by atoms with Gasteiger partial charge in [0.15, 0.2) is 17.7 Å². The molecule has 120 valence electrons. The van der Waals surface area contributed by atoms with Crippen molar-refractivity contribution >= 4 is 23.6 Å². The molecule has 0 amide bonds. The van der Waals surface area contributed by atoms with Crippen molar-refractivity contribution in [1.82, 2.24) is 0 Å². The fraction of sp³-hybridized carbons (Fsp3) is 0.105. The van der Waals surface area contributed by atoms with Crippen LogP contribution >= 0.6 is 0 Å². The Hall–Kier alpha value is -3.21. The van der Waals surface area contributed by atoms with Crippen molar-refractivity contribution in [3.05, 3.63) is 70.8 Å². The number of ether oxygens (including phenoxy) is 1. The third kappa shape index (κ3) is 2.84. The summed E-state index contributed by atoms with van der Waals surface area (Å²) in [7, 11) is 0. The third-order valence-electron chi connectivity index (χ3n) is 3.74. The van der Waals surface area contributed by atoms with Crippen LogP contribution in [0.4, 0.5) is 0 Å². The van der Waals surface area contributed by atoms with E-state index in [1.807, 2.05) is 0 Å². The van der Waals surface area contributed by atoms with Gasteiger partial charge in [0.05, 0.1) is 5.57 Å². The normalized spacial score (nSPS) is 14.3. The summed E-state index contributed by atoms with van der Waals surface area (Å²) in [5.41, 5.74) is 1.50. The summed E-state index contributed by atoms with van der Waals surface area (Å²) in [6.07, 6.45) is 0.509. The molecule has 0 saturated heterocycles. The number of Topliss-reactive ketones (excluding diaryl/α,β-unsaturated/α-hetero) is 2. The molecule has 1 atom stereocenters. The number of rotatable bonds is 4. The number of carboxylic acids is 1. The molecule has 0 unspecified atom stereocenters. The predicted molar refractivity (Wildman–Crippen MR) is 87.2 cm³/mol. The molecule has 1 aliphatic carbocycles. The first-order valence-corrected chi connectivity index (χ1v) is 7.37. The highest BCUT2D eigenvalue weighted by Gasteiger charge is 2.32. The van der Waals surface area contributed by atoms with Crippen LogP contribution in [0.3, 0.4) is 0 Å². The number of aliphatic carboxylic acids is 1. The minimum atomic E-state index is -1.07. The Labute approximate surface area is 138 Å². The quantitative estimate of drug-likeness (QED) is 0.691. The van der Waals surface area contributed by atoms with Crippen molar-refractivity contribution in [2.75, 3.05) is 0 Å². The van der Waals surface area contributed by atoms with Crippen LogP contribution in [-0.2, 0) is 4.79 Å². The number of ketones is 2. The van der Waals surface area contributed by atoms with Crippen molar-refractivity contribution < 1.29 is 24.2 Å². The molecule has 0 bridgehead atoms. The van der Waals surface area contributed by atoms with E-state index in [-0.39, 0.29) is 17.1 Å². The zero-order valence-corrected chi connectivity index (χ0v) is 12.9. The highest BCUT2D eigenvalue weighted by Crippen LogP contribution is 2.28. The highest BCUT2D eigenvalue weighted by atomic mass is 16.5. The van der Waals surface area contributed by atoms with Crippen LogP contribution in [-0.4, -0.2) is 28.7 Å². The Morgan fingerprint density at radius 2 is 1.67 bits per heavy atom. The van der Waals surface area contributed by atoms with Gasteiger partial charge >= 0.3 is 5.97 Å². The largest absolute Gasteiger partial charge is 0.479 e. The van der Waals surface area contributed by atoms with Gasteiger partial charge in [0, 0.05) is 11.1 Å². The molecule has 0 radical (unpaired) electrons. The van der Waals surface area contributed by atoms with Crippen molar-refractivity contribution in [1.29, 1.82) is 0 Å². The van der Waals surface area contributed by atoms with Gasteiger partial charge in [-0.1, -0.05) is 36.4 Å². The van der Waals surface area contributed by atoms with Crippen LogP contribution in [0.1, 0.15) is 33.2 Å². The van der Waals surface area contributed by atoms with E-state index in [1.165, 1.54) is 13.0 Å². The van der Waals surface area contributed by atoms with Gasteiger partial charge < -0.3 is 9.84 Å². The summed E-state index contributed by atoms with van der Waals surface area (Å²) in [6.45, 7) is 1.42. The van der Waals surface area contributed by atoms with Crippen molar-refractivity contribution in [3.8, 4) is 5.75 Å². The lowest BCUT2D eigenvalue weighted by atomic mass is 10.1. The van der Waals surface area contributed by atoms with Crippen molar-refractivity contribution in [2.24, 2.45) is 0 Å². The van der Waals surface area contributed by atoms with E-state index in [0.29, 0.717) is 22.4 Å². The lowest BCUT2D eigenvalue weighted by Crippen LogP contribution is -2.22. The number of carbonyl (C=O) groups excluding carboxylic acids is 2. The Bertz CT molecular complexity index is 842. The van der Waals surface area contributed by atoms with Crippen LogP contribution in [0.5, 0.6) is 5.75 Å². The first-order chi connectivity index (χ1) is 11.5. The predicted octanol–water partition coefficient (Wildman–Crippen LogP) is 3.00. The Balaban J connectivity index is 1.92. The molecule has 5 heteroatoms. The number of hydrogen-bond acceptors (Lipinski definition) is 4. The van der Waals surface area contributed by atoms with Gasteiger partial charge in [-0.15, -0.1) is 0 Å². The number of allylic oxidation sites excluding steroid dienone is 1. The van der Waals surface area contributed by atoms with Gasteiger partial charge in [-0.2, -0.15) is 0 Å². The van der Waals surface area contributed by atoms with E-state index >= 15 is 0 Å². The molecule has 0 aliphatic heterocycles. The molecule has 3 rings (SSSR count). The molecular weight excluding hydrogens is 308 g/mol. The molecule has 2 aromatic rings. The van der Waals surface area contributed by atoms with E-state index in [0.717, 1.165) is 0 Å². The zero-order valence-electron chi connectivity index (χ0n) is 12.9. The molecule has 0 heterocycles. The molecule has 5 nitrogen and oxygen atoms in total. The molecule has 0 aromatic heterocycles. The summed E-state index contributed by atoms with van der Waals surface area (Å²) in [4.78, 5) is 35.6. The maximum atomic E-state index is 12.4. The monoisotopic (exact) mass is 322 g/mol. The number of fused-ring (bicyclic) bond motifs is 1. The maximum absolute atomic E-state index is 12.4. The zero-order chi connectivity index (χ0) is 17.3. The molecule has 2 aromatic carbocycles. The van der Waals surface area contributed by atoms with Crippen LogP contribution in [0, 0.1) is 0 Å². The van der Waals surface area contributed by atoms with E-state index < -0.39 is 12.1 Å². The minimum Gasteiger partial charge on any atom is -0.479 e. The van der Waals surface area contributed by atoms with Gasteiger partial charge in [0.25, 0.3) is 0 Å². The van der Waals surface area contributed by atoms with Crippen molar-refractivity contribution in [3.63, 3.8) is 0 Å². The minimum absolute atomic E-state index is 0.0969. The molecule has 1 N–H and O–H groups in total. The molecule has 1 aliphatic rings. The van der Waals surface area contributed by atoms with Crippen LogP contribution in [0.2, 0.25) is 0 Å². The molecule has 24 heavy (non-hydrogen) atoms. The smallest absolute Gasteiger partial charge is 0.344 e. The number of benzene rings is 2. The number of hydrogen-bond donors (Lipinski definition) is 1. The molecule has 0 spiro atoms.